The van der Waals surface area contributed by atoms with Gasteiger partial charge in [-0.15, -0.1) is 0 Å². The average molecular weight is 385 g/mol. The summed E-state index contributed by atoms with van der Waals surface area (Å²) >= 11 is 4.47. The Bertz CT molecular complexity index is 340. The van der Waals surface area contributed by atoms with Crippen LogP contribution >= 0.6 is 12.2 Å². The van der Waals surface area contributed by atoms with Gasteiger partial charge in [-0.2, -0.15) is 5.10 Å². The summed E-state index contributed by atoms with van der Waals surface area (Å²) in [4.78, 5) is 12.1. The number of hydrogen-bond donors (Lipinski definition) is 1. The van der Waals surface area contributed by atoms with Crippen LogP contribution in [0.15, 0.2) is 12.3 Å². The molecule has 8 heteroatoms. The van der Waals surface area contributed by atoms with E-state index >= 15 is 0 Å². The van der Waals surface area contributed by atoms with E-state index < -0.39 is 5.97 Å². The predicted octanol–water partition coefficient (Wildman–Crippen LogP) is 0.548. The van der Waals surface area contributed by atoms with Crippen molar-refractivity contribution in [2.45, 2.75) is 0 Å². The summed E-state index contributed by atoms with van der Waals surface area (Å²) in [6.45, 7) is 0. The minimum absolute atomic E-state index is 0. The first-order chi connectivity index (χ1) is 6.15. The van der Waals surface area contributed by atoms with Crippen LogP contribution in [0, 0.1) is 0 Å². The van der Waals surface area contributed by atoms with Gasteiger partial charge in [-0.25, -0.2) is 9.59 Å². The fourth-order valence-corrected chi connectivity index (χ4v) is 0.834. The number of nitrogens with zero attached hydrogens (tertiary/aromatic N) is 2. The zero-order valence-corrected chi connectivity index (χ0v) is 10.7. The molecule has 14 heavy (non-hydrogen) atoms. The van der Waals surface area contributed by atoms with Gasteiger partial charge in [0.25, 0.3) is 0 Å². The summed E-state index contributed by atoms with van der Waals surface area (Å²) in [6.07, 6.45) is 1.40. The van der Waals surface area contributed by atoms with Gasteiger partial charge in [0.15, 0.2) is 5.69 Å². The number of carbonyl (C=O) groups excluding carboxylic acids is 1. The monoisotopic (exact) mass is 386 g/mol. The topological polar surface area (TPSA) is 80.0 Å². The molecule has 0 aliphatic carbocycles. The Morgan fingerprint density at radius 3 is 2.93 bits per heavy atom. The Labute approximate surface area is 99.4 Å². The maximum Gasteiger partial charge on any atom is 0.356 e. The van der Waals surface area contributed by atoms with E-state index in [4.69, 9.17) is 5.73 Å². The quantitative estimate of drug-likeness (QED) is 0.594. The summed E-state index contributed by atoms with van der Waals surface area (Å²) < 4.78 is 4.47. The van der Waals surface area contributed by atoms with E-state index in [1.54, 1.807) is 0 Å². The number of rotatable bonds is 2. The first-order valence-electron chi connectivity index (χ1n) is 3.30. The van der Waals surface area contributed by atoms with E-state index in [-0.39, 0.29) is 31.2 Å². The van der Waals surface area contributed by atoms with Crippen LogP contribution in [0.2, 0.25) is 0 Å². The van der Waals surface area contributed by atoms with Gasteiger partial charge >= 0.3 is 5.97 Å². The minimum atomic E-state index is -0.541. The molecule has 77 valence electrons. The second-order valence-corrected chi connectivity index (χ2v) is 2.47. The molecule has 0 aliphatic heterocycles. The van der Waals surface area contributed by atoms with Crippen LogP contribution in [0.5, 0.6) is 0 Å². The molecule has 0 amide bonds. The van der Waals surface area contributed by atoms with Crippen molar-refractivity contribution in [2.75, 3.05) is 12.5 Å². The fourth-order valence-electron chi connectivity index (χ4n) is 0.748. The number of ether oxygens (including phenoxy) is 1. The molecular formula is C6H7N4O2ReS-. The van der Waals surface area contributed by atoms with Gasteiger partial charge in [-0.3, -0.25) is 0 Å². The summed E-state index contributed by atoms with van der Waals surface area (Å²) in [5, 5.41) is 3.49. The molecule has 0 atom stereocenters. The average Bonchev–Trinajstić information content (AvgIpc) is 2.50. The van der Waals surface area contributed by atoms with Crippen LogP contribution in [-0.2, 0) is 25.2 Å². The van der Waals surface area contributed by atoms with E-state index in [0.717, 1.165) is 4.79 Å². The Kier molecular flexibility index (Phi) is 5.30. The van der Waals surface area contributed by atoms with Gasteiger partial charge < -0.3 is 15.9 Å². The molecule has 1 heterocycles. The molecule has 0 saturated carbocycles. The van der Waals surface area contributed by atoms with Crippen molar-refractivity contribution >= 4 is 23.3 Å². The number of thiocarbonyl (C=S) groups is 1. The van der Waals surface area contributed by atoms with Crippen molar-refractivity contribution in [3.05, 3.63) is 23.7 Å². The molecule has 0 spiro atoms. The normalized spacial score (nSPS) is 8.64. The largest absolute Gasteiger partial charge is 0.472 e. The van der Waals surface area contributed by atoms with E-state index in [1.807, 2.05) is 0 Å². The first kappa shape index (κ1) is 13.0. The number of methoxy groups -OCH3 is 1. The smallest absolute Gasteiger partial charge is 0.356 e. The fraction of sp³-hybridized carbons (Fsp3) is 0.167. The molecule has 0 aliphatic rings. The Balaban J connectivity index is 0.00000169. The number of hydrogen-bond acceptors (Lipinski definition) is 4. The summed E-state index contributed by atoms with van der Waals surface area (Å²) in [6, 6.07) is 1.46. The van der Waals surface area contributed by atoms with Crippen molar-refractivity contribution in [1.82, 2.24) is 9.89 Å². The van der Waals surface area contributed by atoms with Crippen molar-refractivity contribution in [3.63, 3.8) is 0 Å². The van der Waals surface area contributed by atoms with Crippen LogP contribution in [0.1, 0.15) is 10.5 Å². The second-order valence-electron chi connectivity index (χ2n) is 2.06. The van der Waals surface area contributed by atoms with Crippen molar-refractivity contribution in [3.8, 4) is 0 Å². The molecular weight excluding hydrogens is 378 g/mol. The first-order valence-corrected chi connectivity index (χ1v) is 3.71. The number of aromatic nitrogens is 2. The van der Waals surface area contributed by atoms with Crippen molar-refractivity contribution in [2.24, 2.45) is 0 Å². The van der Waals surface area contributed by atoms with Gasteiger partial charge in [0.1, 0.15) is 0 Å². The molecule has 2 N–H and O–H groups in total. The van der Waals surface area contributed by atoms with E-state index in [0.29, 0.717) is 0 Å². The maximum absolute atomic E-state index is 11.0. The number of nitrogens with one attached hydrogen (secondary N) is 2. The Morgan fingerprint density at radius 1 is 1.79 bits per heavy atom. The van der Waals surface area contributed by atoms with Gasteiger partial charge in [-0.1, -0.05) is 12.2 Å². The van der Waals surface area contributed by atoms with Crippen molar-refractivity contribution in [1.29, 1.82) is 0 Å². The van der Waals surface area contributed by atoms with Gasteiger partial charge in [0, 0.05) is 25.5 Å². The third-order valence-electron chi connectivity index (χ3n) is 1.24. The summed E-state index contributed by atoms with van der Waals surface area (Å²) in [5.74, 6) is -0.541. The molecule has 0 bridgehead atoms. The Morgan fingerprint density at radius 2 is 2.43 bits per heavy atom. The van der Waals surface area contributed by atoms with Gasteiger partial charge in [0.05, 0.1) is 13.3 Å². The van der Waals surface area contributed by atoms with Crippen molar-refractivity contribution < 1.29 is 30.0 Å². The zero-order valence-electron chi connectivity index (χ0n) is 7.15. The zero-order chi connectivity index (χ0) is 9.84. The Hall–Kier alpha value is -0.968. The summed E-state index contributed by atoms with van der Waals surface area (Å²) in [5.41, 5.74) is 9.52. The van der Waals surface area contributed by atoms with Gasteiger partial charge in [0.2, 0.25) is 0 Å². The van der Waals surface area contributed by atoms with E-state index in [9.17, 15) is 4.79 Å². The predicted molar refractivity (Wildman–Crippen MR) is 49.8 cm³/mol. The molecule has 6 nitrogen and oxygen atoms in total. The minimum Gasteiger partial charge on any atom is -0.472 e. The molecule has 0 aromatic carbocycles. The van der Waals surface area contributed by atoms with Crippen LogP contribution < -0.4 is 5.43 Å². The van der Waals surface area contributed by atoms with Crippen LogP contribution in [-0.4, -0.2) is 28.1 Å². The van der Waals surface area contributed by atoms with Crippen LogP contribution in [0.3, 0.4) is 0 Å². The second kappa shape index (κ2) is 5.70. The molecule has 1 aromatic rings. The molecule has 1 radical (unpaired) electrons. The third-order valence-corrected chi connectivity index (χ3v) is 1.34. The molecule has 1 aromatic heterocycles. The van der Waals surface area contributed by atoms with Crippen LogP contribution in [0.4, 0.5) is 0 Å². The van der Waals surface area contributed by atoms with Crippen LogP contribution in [0.25, 0.3) is 5.73 Å². The number of esters is 1. The summed E-state index contributed by atoms with van der Waals surface area (Å²) in [7, 11) is 1.26. The third kappa shape index (κ3) is 3.07. The molecule has 1 rings (SSSR count). The molecule has 0 unspecified atom stereocenters. The molecule has 0 saturated heterocycles. The van der Waals surface area contributed by atoms with Gasteiger partial charge in [-0.05, 0) is 6.07 Å². The maximum atomic E-state index is 11.0. The van der Waals surface area contributed by atoms with E-state index in [2.05, 4.69) is 27.5 Å². The standard InChI is InChI=1S/C6H8N4O2S.Re/c1-12-5(11)4-2-3-8-10(4)9-6(7)13;/h2-3H,1H3,(H3,7,9,13);/p-1. The number of carbonyl (C=O) groups is 1. The SMILES string of the molecule is COC(=O)c1ccnn1NC([NH-])=S.[Re]. The molecule has 0 fully saturated rings. The van der Waals surface area contributed by atoms with E-state index in [1.165, 1.54) is 19.4 Å².